The molecule has 0 unspecified atom stereocenters. The minimum absolute atomic E-state index is 1.24. The van der Waals surface area contributed by atoms with Gasteiger partial charge in [-0.3, -0.25) is 0 Å². The SMILES string of the molecule is c1ccc(-c2c3ccccc3c(-c3cc4ccccc4c4c(-c5ccccc5)cccc34)c3ccccc23)cc1. The molecule has 0 heterocycles. The average molecular weight is 507 g/mol. The van der Waals surface area contributed by atoms with Crippen LogP contribution in [0.15, 0.2) is 158 Å². The third-order valence-electron chi connectivity index (χ3n) is 8.23. The van der Waals surface area contributed by atoms with Gasteiger partial charge in [0, 0.05) is 0 Å². The van der Waals surface area contributed by atoms with E-state index < -0.39 is 0 Å². The summed E-state index contributed by atoms with van der Waals surface area (Å²) in [7, 11) is 0. The van der Waals surface area contributed by atoms with Crippen molar-refractivity contribution in [3.8, 4) is 33.4 Å². The summed E-state index contributed by atoms with van der Waals surface area (Å²) in [6.45, 7) is 0. The third-order valence-corrected chi connectivity index (χ3v) is 8.23. The molecule has 8 aromatic carbocycles. The zero-order chi connectivity index (χ0) is 26.5. The van der Waals surface area contributed by atoms with Crippen LogP contribution in [0.25, 0.3) is 76.5 Å². The molecule has 0 atom stereocenters. The topological polar surface area (TPSA) is 0 Å². The van der Waals surface area contributed by atoms with Gasteiger partial charge in [0.05, 0.1) is 0 Å². The second-order valence-corrected chi connectivity index (χ2v) is 10.4. The van der Waals surface area contributed by atoms with Gasteiger partial charge >= 0.3 is 0 Å². The minimum atomic E-state index is 1.24. The van der Waals surface area contributed by atoms with Crippen molar-refractivity contribution in [2.24, 2.45) is 0 Å². The Hall–Kier alpha value is -5.20. The maximum absolute atomic E-state index is 2.41. The van der Waals surface area contributed by atoms with Crippen molar-refractivity contribution in [2.45, 2.75) is 0 Å². The fourth-order valence-corrected chi connectivity index (χ4v) is 6.55. The highest BCUT2D eigenvalue weighted by atomic mass is 14.2. The monoisotopic (exact) mass is 506 g/mol. The van der Waals surface area contributed by atoms with E-state index in [-0.39, 0.29) is 0 Å². The molecule has 0 spiro atoms. The summed E-state index contributed by atoms with van der Waals surface area (Å²) in [4.78, 5) is 0. The normalized spacial score (nSPS) is 11.5. The number of benzene rings is 8. The van der Waals surface area contributed by atoms with E-state index in [2.05, 4.69) is 158 Å². The van der Waals surface area contributed by atoms with Crippen LogP contribution in [0.4, 0.5) is 0 Å². The summed E-state index contributed by atoms with van der Waals surface area (Å²) in [5, 5.41) is 10.3. The van der Waals surface area contributed by atoms with Crippen LogP contribution in [0.1, 0.15) is 0 Å². The van der Waals surface area contributed by atoms with E-state index in [0.717, 1.165) is 0 Å². The summed E-state index contributed by atoms with van der Waals surface area (Å²) in [5.41, 5.74) is 7.63. The molecular formula is C40H26. The standard InChI is InChI=1S/C40H26/c1-3-14-27(15-4-1)30-24-13-25-36-37(26-29-18-7-8-19-31(29)39(30)36)40-34-22-11-9-20-32(34)38(28-16-5-2-6-17-28)33-21-10-12-23-35(33)40/h1-26H. The van der Waals surface area contributed by atoms with E-state index >= 15 is 0 Å². The Morgan fingerprint density at radius 3 is 1.38 bits per heavy atom. The second-order valence-electron chi connectivity index (χ2n) is 10.4. The molecule has 186 valence electrons. The van der Waals surface area contributed by atoms with Gasteiger partial charge in [-0.15, -0.1) is 0 Å². The molecule has 0 amide bonds. The van der Waals surface area contributed by atoms with E-state index in [9.17, 15) is 0 Å². The van der Waals surface area contributed by atoms with Gasteiger partial charge in [-0.05, 0) is 82.5 Å². The van der Waals surface area contributed by atoms with Crippen molar-refractivity contribution in [3.05, 3.63) is 158 Å². The first-order valence-electron chi connectivity index (χ1n) is 13.9. The van der Waals surface area contributed by atoms with Gasteiger partial charge in [0.25, 0.3) is 0 Å². The van der Waals surface area contributed by atoms with Crippen LogP contribution in [0.2, 0.25) is 0 Å². The lowest BCUT2D eigenvalue weighted by molar-refractivity contribution is 1.65. The summed E-state index contributed by atoms with van der Waals surface area (Å²) in [6.07, 6.45) is 0. The van der Waals surface area contributed by atoms with E-state index in [1.165, 1.54) is 76.5 Å². The zero-order valence-electron chi connectivity index (χ0n) is 22.0. The lowest BCUT2D eigenvalue weighted by Crippen LogP contribution is -1.93. The molecule has 0 nitrogen and oxygen atoms in total. The fraction of sp³-hybridized carbons (Fsp3) is 0. The Morgan fingerprint density at radius 1 is 0.275 bits per heavy atom. The van der Waals surface area contributed by atoms with Gasteiger partial charge < -0.3 is 0 Å². The molecule has 0 saturated heterocycles. The molecule has 0 bridgehead atoms. The van der Waals surface area contributed by atoms with Crippen LogP contribution in [0.5, 0.6) is 0 Å². The molecule has 0 aliphatic heterocycles. The van der Waals surface area contributed by atoms with Crippen LogP contribution in [-0.2, 0) is 0 Å². The van der Waals surface area contributed by atoms with Crippen molar-refractivity contribution < 1.29 is 0 Å². The van der Waals surface area contributed by atoms with Gasteiger partial charge in [0.2, 0.25) is 0 Å². The Kier molecular flexibility index (Phi) is 5.24. The van der Waals surface area contributed by atoms with Crippen molar-refractivity contribution in [3.63, 3.8) is 0 Å². The summed E-state index contributed by atoms with van der Waals surface area (Å²) < 4.78 is 0. The predicted molar refractivity (Wildman–Crippen MR) is 173 cm³/mol. The first kappa shape index (κ1) is 22.8. The van der Waals surface area contributed by atoms with E-state index in [0.29, 0.717) is 0 Å². The first-order valence-corrected chi connectivity index (χ1v) is 13.9. The fourth-order valence-electron chi connectivity index (χ4n) is 6.55. The Balaban J connectivity index is 1.58. The lowest BCUT2D eigenvalue weighted by Gasteiger charge is -2.20. The predicted octanol–water partition coefficient (Wildman–Crippen LogP) is 11.3. The highest BCUT2D eigenvalue weighted by Gasteiger charge is 2.19. The number of fused-ring (bicyclic) bond motifs is 5. The lowest BCUT2D eigenvalue weighted by atomic mass is 9.83. The zero-order valence-corrected chi connectivity index (χ0v) is 22.0. The Bertz CT molecular complexity index is 2130. The van der Waals surface area contributed by atoms with Gasteiger partial charge in [0.15, 0.2) is 0 Å². The molecular weight excluding hydrogens is 480 g/mol. The van der Waals surface area contributed by atoms with Crippen LogP contribution in [0.3, 0.4) is 0 Å². The highest BCUT2D eigenvalue weighted by molar-refractivity contribution is 6.27. The van der Waals surface area contributed by atoms with E-state index in [1.807, 2.05) is 0 Å². The Labute approximate surface area is 233 Å². The molecule has 0 fully saturated rings. The largest absolute Gasteiger partial charge is 0.0622 e. The maximum Gasteiger partial charge on any atom is -0.00199 e. The van der Waals surface area contributed by atoms with Gasteiger partial charge in [0.1, 0.15) is 0 Å². The van der Waals surface area contributed by atoms with Gasteiger partial charge in [-0.1, -0.05) is 152 Å². The Morgan fingerprint density at radius 2 is 0.750 bits per heavy atom. The minimum Gasteiger partial charge on any atom is -0.0622 e. The van der Waals surface area contributed by atoms with Crippen molar-refractivity contribution in [1.82, 2.24) is 0 Å². The van der Waals surface area contributed by atoms with Crippen LogP contribution < -0.4 is 0 Å². The summed E-state index contributed by atoms with van der Waals surface area (Å²) in [5.74, 6) is 0. The highest BCUT2D eigenvalue weighted by Crippen LogP contribution is 2.47. The molecule has 8 rings (SSSR count). The van der Waals surface area contributed by atoms with E-state index in [4.69, 9.17) is 0 Å². The maximum atomic E-state index is 2.41. The number of hydrogen-bond donors (Lipinski definition) is 0. The third kappa shape index (κ3) is 3.47. The molecule has 0 aliphatic rings. The first-order chi connectivity index (χ1) is 19.9. The average Bonchev–Trinajstić information content (AvgIpc) is 3.04. The quantitative estimate of drug-likeness (QED) is 0.165. The second kappa shape index (κ2) is 9.22. The summed E-state index contributed by atoms with van der Waals surface area (Å²) in [6, 6.07) is 57.5. The molecule has 0 heteroatoms. The smallest absolute Gasteiger partial charge is 0.00199 e. The van der Waals surface area contributed by atoms with Gasteiger partial charge in [-0.2, -0.15) is 0 Å². The molecule has 0 saturated carbocycles. The molecule has 0 radical (unpaired) electrons. The molecule has 0 aliphatic carbocycles. The molecule has 8 aromatic rings. The summed E-state index contributed by atoms with van der Waals surface area (Å²) >= 11 is 0. The number of hydrogen-bond acceptors (Lipinski definition) is 0. The number of rotatable bonds is 3. The molecule has 0 N–H and O–H groups in total. The molecule has 0 aromatic heterocycles. The van der Waals surface area contributed by atoms with Crippen LogP contribution >= 0.6 is 0 Å². The van der Waals surface area contributed by atoms with Crippen LogP contribution in [-0.4, -0.2) is 0 Å². The molecule has 40 heavy (non-hydrogen) atoms. The van der Waals surface area contributed by atoms with Crippen molar-refractivity contribution in [2.75, 3.05) is 0 Å². The van der Waals surface area contributed by atoms with Gasteiger partial charge in [-0.25, -0.2) is 0 Å². The van der Waals surface area contributed by atoms with E-state index in [1.54, 1.807) is 0 Å². The van der Waals surface area contributed by atoms with Crippen molar-refractivity contribution in [1.29, 1.82) is 0 Å². The van der Waals surface area contributed by atoms with Crippen LogP contribution in [0, 0.1) is 0 Å². The van der Waals surface area contributed by atoms with Crippen molar-refractivity contribution >= 4 is 43.1 Å².